The zero-order chi connectivity index (χ0) is 16.4. The molecule has 1 saturated heterocycles. The molecule has 2 aromatic rings. The fraction of sp³-hybridized carbons (Fsp3) is 0.438. The SMILES string of the molecule is CC(=O)C1=C[C@@H](n2ccc3c(Cl)ncnc32)[C@@H]2OC(C)(C)O[C@H]12. The van der Waals surface area contributed by atoms with Crippen molar-refractivity contribution in [3.63, 3.8) is 0 Å². The van der Waals surface area contributed by atoms with Crippen molar-refractivity contribution in [2.75, 3.05) is 0 Å². The van der Waals surface area contributed by atoms with Crippen LogP contribution in [0.4, 0.5) is 0 Å². The van der Waals surface area contributed by atoms with Crippen molar-refractivity contribution in [2.24, 2.45) is 0 Å². The first-order valence-corrected chi connectivity index (χ1v) is 7.80. The topological polar surface area (TPSA) is 66.2 Å². The number of aromatic nitrogens is 3. The lowest BCUT2D eigenvalue weighted by Gasteiger charge is -2.22. The van der Waals surface area contributed by atoms with Crippen molar-refractivity contribution >= 4 is 28.4 Å². The van der Waals surface area contributed by atoms with Crippen LogP contribution in [0.1, 0.15) is 26.8 Å². The van der Waals surface area contributed by atoms with Crippen molar-refractivity contribution in [1.29, 1.82) is 0 Å². The first-order valence-electron chi connectivity index (χ1n) is 7.43. The predicted octanol–water partition coefficient (Wildman–Crippen LogP) is 2.67. The molecule has 0 unspecified atom stereocenters. The Kier molecular flexibility index (Phi) is 3.13. The summed E-state index contributed by atoms with van der Waals surface area (Å²) in [6, 6.07) is 1.69. The fourth-order valence-electron chi connectivity index (χ4n) is 3.39. The number of hydrogen-bond donors (Lipinski definition) is 0. The first-order chi connectivity index (χ1) is 10.9. The summed E-state index contributed by atoms with van der Waals surface area (Å²) < 4.78 is 13.9. The fourth-order valence-corrected chi connectivity index (χ4v) is 3.58. The molecule has 3 heterocycles. The Labute approximate surface area is 138 Å². The number of fused-ring (bicyclic) bond motifs is 2. The zero-order valence-electron chi connectivity index (χ0n) is 13.0. The number of ketones is 1. The molecule has 0 N–H and O–H groups in total. The summed E-state index contributed by atoms with van der Waals surface area (Å²) in [6.45, 7) is 5.26. The van der Waals surface area contributed by atoms with Crippen LogP contribution in [0.15, 0.2) is 30.2 Å². The van der Waals surface area contributed by atoms with Crippen LogP contribution in [0.3, 0.4) is 0 Å². The van der Waals surface area contributed by atoms with Gasteiger partial charge < -0.3 is 14.0 Å². The summed E-state index contributed by atoms with van der Waals surface area (Å²) in [4.78, 5) is 20.3. The van der Waals surface area contributed by atoms with Crippen molar-refractivity contribution < 1.29 is 14.3 Å². The van der Waals surface area contributed by atoms with Crippen LogP contribution < -0.4 is 0 Å². The predicted molar refractivity (Wildman–Crippen MR) is 84.2 cm³/mol. The van der Waals surface area contributed by atoms with Gasteiger partial charge in [0.25, 0.3) is 0 Å². The molecule has 0 bridgehead atoms. The second kappa shape index (κ2) is 4.87. The maximum Gasteiger partial charge on any atom is 0.164 e. The van der Waals surface area contributed by atoms with Gasteiger partial charge in [0.15, 0.2) is 11.6 Å². The second-order valence-corrected chi connectivity index (χ2v) is 6.67. The lowest BCUT2D eigenvalue weighted by Crippen LogP contribution is -2.28. The zero-order valence-corrected chi connectivity index (χ0v) is 13.7. The molecule has 120 valence electrons. The molecular formula is C16H16ClN3O3. The minimum Gasteiger partial charge on any atom is -0.342 e. The molecule has 4 rings (SSSR count). The van der Waals surface area contributed by atoms with E-state index in [1.165, 1.54) is 6.33 Å². The highest BCUT2D eigenvalue weighted by Crippen LogP contribution is 2.44. The molecule has 0 spiro atoms. The summed E-state index contributed by atoms with van der Waals surface area (Å²) >= 11 is 6.12. The molecule has 23 heavy (non-hydrogen) atoms. The van der Waals surface area contributed by atoms with E-state index in [4.69, 9.17) is 21.1 Å². The highest BCUT2D eigenvalue weighted by molar-refractivity contribution is 6.33. The van der Waals surface area contributed by atoms with Gasteiger partial charge in [0, 0.05) is 11.8 Å². The Morgan fingerprint density at radius 1 is 1.35 bits per heavy atom. The monoisotopic (exact) mass is 333 g/mol. The summed E-state index contributed by atoms with van der Waals surface area (Å²) in [5.41, 5.74) is 1.36. The van der Waals surface area contributed by atoms with Crippen molar-refractivity contribution in [3.05, 3.63) is 35.4 Å². The number of ether oxygens (including phenoxy) is 2. The number of carbonyl (C=O) groups is 1. The van der Waals surface area contributed by atoms with E-state index in [0.717, 1.165) is 5.39 Å². The Morgan fingerprint density at radius 3 is 2.87 bits per heavy atom. The van der Waals surface area contributed by atoms with Crippen LogP contribution in [0.5, 0.6) is 0 Å². The quantitative estimate of drug-likeness (QED) is 0.790. The van der Waals surface area contributed by atoms with E-state index in [0.29, 0.717) is 16.4 Å². The average molecular weight is 334 g/mol. The third-order valence-electron chi connectivity index (χ3n) is 4.31. The van der Waals surface area contributed by atoms with E-state index >= 15 is 0 Å². The van der Waals surface area contributed by atoms with E-state index in [2.05, 4.69) is 9.97 Å². The van der Waals surface area contributed by atoms with Gasteiger partial charge in [0.1, 0.15) is 29.3 Å². The average Bonchev–Trinajstić information content (AvgIpc) is 3.09. The van der Waals surface area contributed by atoms with E-state index in [-0.39, 0.29) is 24.0 Å². The highest BCUT2D eigenvalue weighted by atomic mass is 35.5. The van der Waals surface area contributed by atoms with Gasteiger partial charge in [0.2, 0.25) is 0 Å². The molecular weight excluding hydrogens is 318 g/mol. The van der Waals surface area contributed by atoms with Crippen LogP contribution in [-0.4, -0.2) is 38.3 Å². The van der Waals surface area contributed by atoms with E-state index in [9.17, 15) is 4.79 Å². The van der Waals surface area contributed by atoms with Crippen molar-refractivity contribution in [2.45, 2.75) is 44.8 Å². The highest BCUT2D eigenvalue weighted by Gasteiger charge is 2.51. The maximum absolute atomic E-state index is 12.0. The Bertz CT molecular complexity index is 842. The number of carbonyl (C=O) groups excluding carboxylic acids is 1. The van der Waals surface area contributed by atoms with Crippen molar-refractivity contribution in [3.8, 4) is 0 Å². The number of rotatable bonds is 2. The molecule has 0 amide bonds. The molecule has 1 aliphatic carbocycles. The molecule has 7 heteroatoms. The normalized spacial score (nSPS) is 28.9. The second-order valence-electron chi connectivity index (χ2n) is 6.31. The van der Waals surface area contributed by atoms with E-state index in [1.54, 1.807) is 6.92 Å². The smallest absolute Gasteiger partial charge is 0.164 e. The van der Waals surface area contributed by atoms with Gasteiger partial charge in [-0.2, -0.15) is 0 Å². The summed E-state index contributed by atoms with van der Waals surface area (Å²) in [5, 5.41) is 1.18. The van der Waals surface area contributed by atoms with Crippen molar-refractivity contribution in [1.82, 2.24) is 14.5 Å². The van der Waals surface area contributed by atoms with Crippen LogP contribution in [0.25, 0.3) is 11.0 Å². The number of nitrogens with zero attached hydrogens (tertiary/aromatic N) is 3. The maximum atomic E-state index is 12.0. The lowest BCUT2D eigenvalue weighted by molar-refractivity contribution is -0.148. The molecule has 3 atom stereocenters. The molecule has 0 saturated carbocycles. The van der Waals surface area contributed by atoms with E-state index < -0.39 is 5.79 Å². The largest absolute Gasteiger partial charge is 0.342 e. The standard InChI is InChI=1S/C16H16ClN3O3/c1-8(21)10-6-11(13-12(10)22-16(2,3)23-13)20-5-4-9-14(17)18-7-19-15(9)20/h4-7,11-13H,1-3H3/t11-,12-,13+/m1/s1. The Balaban J connectivity index is 1.84. The van der Waals surface area contributed by atoms with Gasteiger partial charge in [-0.15, -0.1) is 0 Å². The molecule has 1 fully saturated rings. The Morgan fingerprint density at radius 2 is 2.13 bits per heavy atom. The summed E-state index contributed by atoms with van der Waals surface area (Å²) in [7, 11) is 0. The van der Waals surface area contributed by atoms with Gasteiger partial charge in [-0.1, -0.05) is 11.6 Å². The molecule has 0 radical (unpaired) electrons. The van der Waals surface area contributed by atoms with Crippen LogP contribution >= 0.6 is 11.6 Å². The molecule has 6 nitrogen and oxygen atoms in total. The van der Waals surface area contributed by atoms with Crippen LogP contribution in [0, 0.1) is 0 Å². The number of hydrogen-bond acceptors (Lipinski definition) is 5. The summed E-state index contributed by atoms with van der Waals surface area (Å²) in [6.07, 6.45) is 4.60. The van der Waals surface area contributed by atoms with E-state index in [1.807, 2.05) is 36.8 Å². The molecule has 2 aliphatic rings. The minimum atomic E-state index is -0.724. The first kappa shape index (κ1) is 14.8. The third kappa shape index (κ3) is 2.21. The Hall–Kier alpha value is -1.76. The van der Waals surface area contributed by atoms with Gasteiger partial charge in [-0.25, -0.2) is 9.97 Å². The number of Topliss-reactive ketones (excluding diaryl/α,β-unsaturated/α-hetero) is 1. The molecule has 0 aromatic carbocycles. The number of halogens is 1. The molecule has 2 aromatic heterocycles. The van der Waals surface area contributed by atoms with Gasteiger partial charge in [0.05, 0.1) is 11.4 Å². The third-order valence-corrected chi connectivity index (χ3v) is 4.61. The minimum absolute atomic E-state index is 0.00656. The van der Waals surface area contributed by atoms with Gasteiger partial charge in [-0.3, -0.25) is 4.79 Å². The molecule has 1 aliphatic heterocycles. The van der Waals surface area contributed by atoms with Crippen LogP contribution in [-0.2, 0) is 14.3 Å². The van der Waals surface area contributed by atoms with Gasteiger partial charge >= 0.3 is 0 Å². The van der Waals surface area contributed by atoms with Gasteiger partial charge in [-0.05, 0) is 32.9 Å². The summed E-state index contributed by atoms with van der Waals surface area (Å²) in [5.74, 6) is -0.731. The lowest BCUT2D eigenvalue weighted by atomic mass is 10.1. The van der Waals surface area contributed by atoms with Crippen LogP contribution in [0.2, 0.25) is 5.15 Å².